The third kappa shape index (κ3) is 5.33. The predicted molar refractivity (Wildman–Crippen MR) is 68.4 cm³/mol. The lowest BCUT2D eigenvalue weighted by molar-refractivity contribution is 0.121. The summed E-state index contributed by atoms with van der Waals surface area (Å²) in [6.07, 6.45) is 4.28. The van der Waals surface area contributed by atoms with Gasteiger partial charge in [0.25, 0.3) is 0 Å². The molecule has 0 bridgehead atoms. The van der Waals surface area contributed by atoms with Crippen LogP contribution in [0.15, 0.2) is 0 Å². The predicted octanol–water partition coefficient (Wildman–Crippen LogP) is 0.163. The molecule has 0 aromatic heterocycles. The molecule has 6 heteroatoms. The van der Waals surface area contributed by atoms with Gasteiger partial charge in [-0.25, -0.2) is 13.1 Å². The minimum atomic E-state index is -3.08. The summed E-state index contributed by atoms with van der Waals surface area (Å²) in [6, 6.07) is 0.417. The molecule has 1 saturated heterocycles. The van der Waals surface area contributed by atoms with Crippen molar-refractivity contribution in [3.8, 4) is 0 Å². The molecule has 102 valence electrons. The van der Waals surface area contributed by atoms with Gasteiger partial charge in [-0.1, -0.05) is 6.42 Å². The van der Waals surface area contributed by atoms with Crippen LogP contribution in [0.25, 0.3) is 0 Å². The summed E-state index contributed by atoms with van der Waals surface area (Å²) in [4.78, 5) is 2.29. The quantitative estimate of drug-likeness (QED) is 0.687. The number of sulfonamides is 1. The van der Waals surface area contributed by atoms with E-state index in [4.69, 9.17) is 5.11 Å². The van der Waals surface area contributed by atoms with Gasteiger partial charge in [0.15, 0.2) is 0 Å². The maximum Gasteiger partial charge on any atom is 0.211 e. The Morgan fingerprint density at radius 3 is 2.82 bits per heavy atom. The molecule has 1 aliphatic heterocycles. The number of nitrogens with one attached hydrogen (secondary N) is 1. The van der Waals surface area contributed by atoms with Crippen LogP contribution in [0.4, 0.5) is 0 Å². The second-order valence-corrected chi connectivity index (χ2v) is 6.59. The van der Waals surface area contributed by atoms with E-state index in [0.717, 1.165) is 25.9 Å². The van der Waals surface area contributed by atoms with E-state index < -0.39 is 10.0 Å². The highest BCUT2D eigenvalue weighted by Crippen LogP contribution is 2.18. The van der Waals surface area contributed by atoms with E-state index in [1.807, 2.05) is 0 Å². The van der Waals surface area contributed by atoms with Crippen molar-refractivity contribution in [3.05, 3.63) is 0 Å². The molecular formula is C11H24N2O3S. The van der Waals surface area contributed by atoms with Crippen molar-refractivity contribution in [2.45, 2.75) is 38.6 Å². The Morgan fingerprint density at radius 1 is 1.41 bits per heavy atom. The molecule has 1 fully saturated rings. The van der Waals surface area contributed by atoms with Crippen LogP contribution in [0.5, 0.6) is 0 Å². The van der Waals surface area contributed by atoms with Gasteiger partial charge in [0.2, 0.25) is 10.0 Å². The number of hydrogen-bond acceptors (Lipinski definition) is 4. The van der Waals surface area contributed by atoms with Crippen molar-refractivity contribution in [1.29, 1.82) is 0 Å². The molecule has 0 aromatic carbocycles. The van der Waals surface area contributed by atoms with Gasteiger partial charge in [-0.15, -0.1) is 0 Å². The number of nitrogens with zero attached hydrogens (tertiary/aromatic N) is 1. The zero-order valence-electron chi connectivity index (χ0n) is 10.6. The Balaban J connectivity index is 2.33. The fraction of sp³-hybridized carbons (Fsp3) is 1.00. The molecule has 0 aliphatic carbocycles. The van der Waals surface area contributed by atoms with E-state index >= 15 is 0 Å². The molecular weight excluding hydrogens is 240 g/mol. The molecule has 1 heterocycles. The monoisotopic (exact) mass is 264 g/mol. The van der Waals surface area contributed by atoms with Crippen LogP contribution in [0.1, 0.15) is 32.6 Å². The fourth-order valence-corrected chi connectivity index (χ4v) is 2.88. The van der Waals surface area contributed by atoms with E-state index in [2.05, 4.69) is 9.62 Å². The van der Waals surface area contributed by atoms with Gasteiger partial charge in [-0.05, 0) is 32.7 Å². The van der Waals surface area contributed by atoms with Crippen molar-refractivity contribution in [1.82, 2.24) is 9.62 Å². The summed E-state index contributed by atoms with van der Waals surface area (Å²) in [5, 5.41) is 8.99. The highest BCUT2D eigenvalue weighted by molar-refractivity contribution is 7.89. The van der Waals surface area contributed by atoms with Crippen LogP contribution < -0.4 is 4.72 Å². The van der Waals surface area contributed by atoms with Gasteiger partial charge in [0.1, 0.15) is 0 Å². The molecule has 1 aliphatic rings. The third-order valence-corrected chi connectivity index (χ3v) is 4.72. The van der Waals surface area contributed by atoms with Crippen LogP contribution in [0.2, 0.25) is 0 Å². The zero-order valence-corrected chi connectivity index (χ0v) is 11.4. The molecule has 1 atom stereocenters. The SMILES string of the molecule is CCS(=O)(=O)NCCN1CCCCC1CCO. The van der Waals surface area contributed by atoms with E-state index in [1.54, 1.807) is 6.92 Å². The van der Waals surface area contributed by atoms with E-state index in [9.17, 15) is 8.42 Å². The standard InChI is InChI=1S/C11H24N2O3S/c1-2-17(15,16)12-7-9-13-8-4-3-5-11(13)6-10-14/h11-12,14H,2-10H2,1H3. The first-order chi connectivity index (χ1) is 8.09. The van der Waals surface area contributed by atoms with Gasteiger partial charge in [-0.2, -0.15) is 0 Å². The van der Waals surface area contributed by atoms with Crippen molar-refractivity contribution in [2.24, 2.45) is 0 Å². The van der Waals surface area contributed by atoms with Crippen molar-refractivity contribution >= 4 is 10.0 Å². The summed E-state index contributed by atoms with van der Waals surface area (Å²) in [6.45, 7) is 4.07. The second kappa shape index (κ2) is 7.31. The Bertz CT molecular complexity index is 304. The highest BCUT2D eigenvalue weighted by atomic mass is 32.2. The Kier molecular flexibility index (Phi) is 6.40. The number of aliphatic hydroxyl groups is 1. The number of likely N-dealkylation sites (tertiary alicyclic amines) is 1. The highest BCUT2D eigenvalue weighted by Gasteiger charge is 2.21. The van der Waals surface area contributed by atoms with E-state index in [0.29, 0.717) is 12.6 Å². The Morgan fingerprint density at radius 2 is 2.18 bits per heavy atom. The lowest BCUT2D eigenvalue weighted by Crippen LogP contribution is -2.44. The van der Waals surface area contributed by atoms with E-state index in [1.165, 1.54) is 12.8 Å². The van der Waals surface area contributed by atoms with Crippen molar-refractivity contribution < 1.29 is 13.5 Å². The largest absolute Gasteiger partial charge is 0.396 e. The number of piperidine rings is 1. The van der Waals surface area contributed by atoms with Gasteiger partial charge in [0, 0.05) is 25.7 Å². The van der Waals surface area contributed by atoms with Gasteiger partial charge in [-0.3, -0.25) is 4.90 Å². The van der Waals surface area contributed by atoms with Crippen LogP contribution in [0.3, 0.4) is 0 Å². The summed E-state index contributed by atoms with van der Waals surface area (Å²) in [5.74, 6) is 0.132. The number of hydrogen-bond donors (Lipinski definition) is 2. The topological polar surface area (TPSA) is 69.6 Å². The third-order valence-electron chi connectivity index (χ3n) is 3.31. The summed E-state index contributed by atoms with van der Waals surface area (Å²) < 4.78 is 25.1. The minimum absolute atomic E-state index is 0.132. The lowest BCUT2D eigenvalue weighted by Gasteiger charge is -2.35. The van der Waals surface area contributed by atoms with Gasteiger partial charge in [0.05, 0.1) is 5.75 Å². The first kappa shape index (κ1) is 14.9. The minimum Gasteiger partial charge on any atom is -0.396 e. The molecule has 0 aromatic rings. The average Bonchev–Trinajstić information content (AvgIpc) is 2.31. The van der Waals surface area contributed by atoms with Crippen LogP contribution in [-0.4, -0.2) is 56.5 Å². The maximum atomic E-state index is 11.3. The Labute approximate surface area is 104 Å². The summed E-state index contributed by atoms with van der Waals surface area (Å²) in [5.41, 5.74) is 0. The maximum absolute atomic E-state index is 11.3. The Hall–Kier alpha value is -0.170. The first-order valence-electron chi connectivity index (χ1n) is 6.41. The molecule has 17 heavy (non-hydrogen) atoms. The molecule has 0 radical (unpaired) electrons. The number of rotatable bonds is 7. The molecule has 0 spiro atoms. The van der Waals surface area contributed by atoms with Crippen LogP contribution in [0, 0.1) is 0 Å². The van der Waals surface area contributed by atoms with Crippen molar-refractivity contribution in [3.63, 3.8) is 0 Å². The first-order valence-corrected chi connectivity index (χ1v) is 8.06. The zero-order chi connectivity index (χ0) is 12.7. The van der Waals surface area contributed by atoms with E-state index in [-0.39, 0.29) is 12.4 Å². The van der Waals surface area contributed by atoms with Gasteiger partial charge >= 0.3 is 0 Å². The molecule has 2 N–H and O–H groups in total. The van der Waals surface area contributed by atoms with Gasteiger partial charge < -0.3 is 5.11 Å². The molecule has 5 nitrogen and oxygen atoms in total. The van der Waals surface area contributed by atoms with Crippen molar-refractivity contribution in [2.75, 3.05) is 32.0 Å². The van der Waals surface area contributed by atoms with Crippen LogP contribution in [-0.2, 0) is 10.0 Å². The summed E-state index contributed by atoms with van der Waals surface area (Å²) >= 11 is 0. The molecule has 1 unspecified atom stereocenters. The second-order valence-electron chi connectivity index (χ2n) is 4.50. The van der Waals surface area contributed by atoms with Crippen LogP contribution >= 0.6 is 0 Å². The summed E-state index contributed by atoms with van der Waals surface area (Å²) in [7, 11) is -3.08. The average molecular weight is 264 g/mol. The normalized spacial score (nSPS) is 22.8. The molecule has 1 rings (SSSR count). The molecule has 0 amide bonds. The molecule has 0 saturated carbocycles. The lowest BCUT2D eigenvalue weighted by atomic mass is 10.00. The fourth-order valence-electron chi connectivity index (χ4n) is 2.28. The smallest absolute Gasteiger partial charge is 0.211 e. The number of aliphatic hydroxyl groups excluding tert-OH is 1.